The summed E-state index contributed by atoms with van der Waals surface area (Å²) >= 11 is 0. The van der Waals surface area contributed by atoms with Crippen LogP contribution in [0.2, 0.25) is 0 Å². The molecule has 0 heterocycles. The SMILES string of the molecule is O=C(CNCc1ccccc1O)Nc1cccc(F)c1. The molecule has 0 aliphatic heterocycles. The zero-order valence-electron chi connectivity index (χ0n) is 10.8. The lowest BCUT2D eigenvalue weighted by Gasteiger charge is -2.08. The van der Waals surface area contributed by atoms with E-state index in [1.165, 1.54) is 18.2 Å². The smallest absolute Gasteiger partial charge is 0.238 e. The number of hydrogen-bond donors (Lipinski definition) is 3. The fraction of sp³-hybridized carbons (Fsp3) is 0.133. The molecule has 0 aromatic heterocycles. The van der Waals surface area contributed by atoms with E-state index in [0.29, 0.717) is 17.8 Å². The Kier molecular flexibility index (Phi) is 4.68. The maximum atomic E-state index is 12.9. The van der Waals surface area contributed by atoms with Crippen molar-refractivity contribution >= 4 is 11.6 Å². The average Bonchev–Trinajstić information content (AvgIpc) is 2.41. The van der Waals surface area contributed by atoms with Gasteiger partial charge in [-0.15, -0.1) is 0 Å². The van der Waals surface area contributed by atoms with Crippen LogP contribution in [0.4, 0.5) is 10.1 Å². The van der Waals surface area contributed by atoms with Crippen molar-refractivity contribution in [1.29, 1.82) is 0 Å². The summed E-state index contributed by atoms with van der Waals surface area (Å²) in [6.07, 6.45) is 0. The van der Waals surface area contributed by atoms with Gasteiger partial charge in [0, 0.05) is 17.8 Å². The Morgan fingerprint density at radius 2 is 1.95 bits per heavy atom. The zero-order valence-corrected chi connectivity index (χ0v) is 10.8. The first-order valence-corrected chi connectivity index (χ1v) is 6.18. The molecule has 0 radical (unpaired) electrons. The van der Waals surface area contributed by atoms with Gasteiger partial charge in [-0.3, -0.25) is 4.79 Å². The number of halogens is 1. The molecular weight excluding hydrogens is 259 g/mol. The minimum atomic E-state index is -0.398. The summed E-state index contributed by atoms with van der Waals surface area (Å²) in [5.74, 6) is -0.485. The van der Waals surface area contributed by atoms with Crippen LogP contribution in [0.25, 0.3) is 0 Å². The highest BCUT2D eigenvalue weighted by molar-refractivity contribution is 5.92. The van der Waals surface area contributed by atoms with Gasteiger partial charge in [0.05, 0.1) is 6.54 Å². The van der Waals surface area contributed by atoms with Crippen LogP contribution in [0.15, 0.2) is 48.5 Å². The van der Waals surface area contributed by atoms with Gasteiger partial charge in [0.25, 0.3) is 0 Å². The number of phenols is 1. The summed E-state index contributed by atoms with van der Waals surface area (Å²) in [4.78, 5) is 11.6. The normalized spacial score (nSPS) is 10.2. The van der Waals surface area contributed by atoms with Crippen molar-refractivity contribution in [2.24, 2.45) is 0 Å². The Labute approximate surface area is 116 Å². The number of amides is 1. The third kappa shape index (κ3) is 4.07. The van der Waals surface area contributed by atoms with Crippen LogP contribution in [0, 0.1) is 5.82 Å². The number of carbonyl (C=O) groups excluding carboxylic acids is 1. The molecule has 0 aliphatic rings. The van der Waals surface area contributed by atoms with Gasteiger partial charge in [0.15, 0.2) is 0 Å². The van der Waals surface area contributed by atoms with Crippen LogP contribution >= 0.6 is 0 Å². The Morgan fingerprint density at radius 3 is 2.70 bits per heavy atom. The van der Waals surface area contributed by atoms with Crippen LogP contribution < -0.4 is 10.6 Å². The first kappa shape index (κ1) is 14.0. The van der Waals surface area contributed by atoms with E-state index in [-0.39, 0.29) is 18.2 Å². The van der Waals surface area contributed by atoms with Crippen molar-refractivity contribution in [3.8, 4) is 5.75 Å². The standard InChI is InChI=1S/C15H15FN2O2/c16-12-5-3-6-13(8-12)18-15(20)10-17-9-11-4-1-2-7-14(11)19/h1-8,17,19H,9-10H2,(H,18,20). The van der Waals surface area contributed by atoms with E-state index in [1.54, 1.807) is 24.3 Å². The molecule has 104 valence electrons. The molecule has 2 aromatic carbocycles. The van der Waals surface area contributed by atoms with Crippen LogP contribution in [0.3, 0.4) is 0 Å². The van der Waals surface area contributed by atoms with Crippen molar-refractivity contribution < 1.29 is 14.3 Å². The molecule has 2 aromatic rings. The number of nitrogens with one attached hydrogen (secondary N) is 2. The van der Waals surface area contributed by atoms with Crippen LogP contribution in [0.5, 0.6) is 5.75 Å². The Bertz CT molecular complexity index is 602. The molecule has 3 N–H and O–H groups in total. The molecule has 0 atom stereocenters. The van der Waals surface area contributed by atoms with Gasteiger partial charge in [-0.25, -0.2) is 4.39 Å². The molecule has 1 amide bonds. The maximum absolute atomic E-state index is 12.9. The molecule has 0 saturated heterocycles. The highest BCUT2D eigenvalue weighted by Gasteiger charge is 2.04. The molecule has 4 nitrogen and oxygen atoms in total. The predicted molar refractivity (Wildman–Crippen MR) is 74.8 cm³/mol. The molecule has 0 fully saturated rings. The van der Waals surface area contributed by atoms with E-state index in [9.17, 15) is 14.3 Å². The van der Waals surface area contributed by atoms with Crippen molar-refractivity contribution in [3.63, 3.8) is 0 Å². The van der Waals surface area contributed by atoms with Crippen LogP contribution in [0.1, 0.15) is 5.56 Å². The quantitative estimate of drug-likeness (QED) is 0.783. The molecule has 0 bridgehead atoms. The monoisotopic (exact) mass is 274 g/mol. The van der Waals surface area contributed by atoms with E-state index < -0.39 is 5.82 Å². The minimum absolute atomic E-state index is 0.0743. The number of anilines is 1. The number of aromatic hydroxyl groups is 1. The summed E-state index contributed by atoms with van der Waals surface area (Å²) in [6.45, 7) is 0.452. The zero-order chi connectivity index (χ0) is 14.4. The molecule has 0 unspecified atom stereocenters. The number of phenolic OH excluding ortho intramolecular Hbond substituents is 1. The van der Waals surface area contributed by atoms with Gasteiger partial charge in [-0.1, -0.05) is 24.3 Å². The molecule has 2 rings (SSSR count). The largest absolute Gasteiger partial charge is 0.508 e. The van der Waals surface area contributed by atoms with E-state index in [0.717, 1.165) is 0 Å². The van der Waals surface area contributed by atoms with Gasteiger partial charge >= 0.3 is 0 Å². The summed E-state index contributed by atoms with van der Waals surface area (Å²) in [6, 6.07) is 12.6. The second kappa shape index (κ2) is 6.68. The molecule has 20 heavy (non-hydrogen) atoms. The number of rotatable bonds is 5. The van der Waals surface area contributed by atoms with Gasteiger partial charge < -0.3 is 15.7 Å². The van der Waals surface area contributed by atoms with E-state index in [4.69, 9.17) is 0 Å². The first-order valence-electron chi connectivity index (χ1n) is 6.18. The number of para-hydroxylation sites is 1. The fourth-order valence-electron chi connectivity index (χ4n) is 1.74. The predicted octanol–water partition coefficient (Wildman–Crippen LogP) is 2.26. The molecule has 0 aliphatic carbocycles. The first-order chi connectivity index (χ1) is 9.65. The van der Waals surface area contributed by atoms with Gasteiger partial charge in [0.2, 0.25) is 5.91 Å². The summed E-state index contributed by atoms with van der Waals surface area (Å²) in [7, 11) is 0. The maximum Gasteiger partial charge on any atom is 0.238 e. The lowest BCUT2D eigenvalue weighted by atomic mass is 10.2. The summed E-state index contributed by atoms with van der Waals surface area (Å²) < 4.78 is 12.9. The van der Waals surface area contributed by atoms with Crippen LogP contribution in [-0.2, 0) is 11.3 Å². The van der Waals surface area contributed by atoms with Gasteiger partial charge in [-0.2, -0.15) is 0 Å². The van der Waals surface area contributed by atoms with Crippen molar-refractivity contribution in [3.05, 3.63) is 59.9 Å². The summed E-state index contributed by atoms with van der Waals surface area (Å²) in [5, 5.41) is 15.1. The molecule has 0 saturated carbocycles. The second-order valence-electron chi connectivity index (χ2n) is 4.29. The third-order valence-corrected chi connectivity index (χ3v) is 2.70. The number of hydrogen-bond acceptors (Lipinski definition) is 3. The van der Waals surface area contributed by atoms with Gasteiger partial charge in [-0.05, 0) is 24.3 Å². The van der Waals surface area contributed by atoms with Crippen molar-refractivity contribution in [2.45, 2.75) is 6.54 Å². The summed E-state index contributed by atoms with van der Waals surface area (Å²) in [5.41, 5.74) is 1.13. The topological polar surface area (TPSA) is 61.4 Å². The Balaban J connectivity index is 1.80. The van der Waals surface area contributed by atoms with E-state index in [2.05, 4.69) is 10.6 Å². The molecule has 5 heteroatoms. The highest BCUT2D eigenvalue weighted by atomic mass is 19.1. The lowest BCUT2D eigenvalue weighted by Crippen LogP contribution is -2.27. The highest BCUT2D eigenvalue weighted by Crippen LogP contribution is 2.14. The van der Waals surface area contributed by atoms with Crippen LogP contribution in [-0.4, -0.2) is 17.6 Å². The van der Waals surface area contributed by atoms with Crippen molar-refractivity contribution in [2.75, 3.05) is 11.9 Å². The van der Waals surface area contributed by atoms with Crippen molar-refractivity contribution in [1.82, 2.24) is 5.32 Å². The Hall–Kier alpha value is -2.40. The van der Waals surface area contributed by atoms with Gasteiger partial charge in [0.1, 0.15) is 11.6 Å². The number of carbonyl (C=O) groups is 1. The molecule has 0 spiro atoms. The second-order valence-corrected chi connectivity index (χ2v) is 4.29. The molecular formula is C15H15FN2O2. The Morgan fingerprint density at radius 1 is 1.15 bits per heavy atom. The fourth-order valence-corrected chi connectivity index (χ4v) is 1.74. The minimum Gasteiger partial charge on any atom is -0.508 e. The lowest BCUT2D eigenvalue weighted by molar-refractivity contribution is -0.115. The number of benzene rings is 2. The average molecular weight is 274 g/mol. The van der Waals surface area contributed by atoms with E-state index in [1.807, 2.05) is 6.07 Å². The third-order valence-electron chi connectivity index (χ3n) is 2.70. The van der Waals surface area contributed by atoms with E-state index >= 15 is 0 Å².